The van der Waals surface area contributed by atoms with E-state index in [1.165, 1.54) is 18.9 Å². The summed E-state index contributed by atoms with van der Waals surface area (Å²) >= 11 is 0. The van der Waals surface area contributed by atoms with E-state index in [0.717, 1.165) is 12.8 Å². The summed E-state index contributed by atoms with van der Waals surface area (Å²) in [6, 6.07) is 6.62. The molecule has 1 atom stereocenters. The first-order valence-corrected chi connectivity index (χ1v) is 6.81. The van der Waals surface area contributed by atoms with Crippen molar-refractivity contribution >= 4 is 11.4 Å². The molecule has 0 heterocycles. The van der Waals surface area contributed by atoms with Gasteiger partial charge in [0.1, 0.15) is 17.3 Å². The van der Waals surface area contributed by atoms with Crippen LogP contribution >= 0.6 is 0 Å². The Kier molecular flexibility index (Phi) is 4.53. The van der Waals surface area contributed by atoms with Crippen molar-refractivity contribution in [3.05, 3.63) is 33.9 Å². The Bertz CT molecular complexity index is 532. The van der Waals surface area contributed by atoms with Crippen LogP contribution in [0.5, 0.6) is 0 Å². The van der Waals surface area contributed by atoms with Crippen LogP contribution in [0.4, 0.5) is 11.4 Å². The van der Waals surface area contributed by atoms with Crippen molar-refractivity contribution in [2.75, 3.05) is 11.9 Å². The normalized spacial score (nSPS) is 16.6. The maximum atomic E-state index is 11.2. The number of nitriles is 1. The molecule has 0 bridgehead atoms. The summed E-state index contributed by atoms with van der Waals surface area (Å²) in [5, 5.41) is 23.3. The molecule has 0 radical (unpaired) electrons. The van der Waals surface area contributed by atoms with E-state index in [0.29, 0.717) is 18.2 Å². The zero-order valence-electron chi connectivity index (χ0n) is 11.2. The minimum Gasteiger partial charge on any atom is -0.375 e. The lowest BCUT2D eigenvalue weighted by molar-refractivity contribution is -0.384. The lowest BCUT2D eigenvalue weighted by Gasteiger charge is -2.24. The van der Waals surface area contributed by atoms with Gasteiger partial charge in [-0.3, -0.25) is 10.1 Å². The average Bonchev–Trinajstić information content (AvgIpc) is 2.97. The molecule has 106 valence electrons. The Hall–Kier alpha value is -2.13. The fraction of sp³-hybridized carbons (Fsp3) is 0.500. The number of benzene rings is 1. The summed E-state index contributed by atoms with van der Waals surface area (Å²) in [5.41, 5.74) is 6.10. The molecule has 0 saturated heterocycles. The van der Waals surface area contributed by atoms with Crippen molar-refractivity contribution in [1.82, 2.24) is 0 Å². The van der Waals surface area contributed by atoms with Crippen molar-refractivity contribution in [1.29, 1.82) is 5.26 Å². The number of nitro groups is 1. The summed E-state index contributed by atoms with van der Waals surface area (Å²) in [7, 11) is 0. The molecular weight excluding hydrogens is 256 g/mol. The number of nitrogens with zero attached hydrogens (tertiary/aromatic N) is 2. The van der Waals surface area contributed by atoms with E-state index in [1.807, 2.05) is 6.07 Å². The fourth-order valence-electron chi connectivity index (χ4n) is 2.88. The first-order valence-electron chi connectivity index (χ1n) is 6.81. The van der Waals surface area contributed by atoms with E-state index in [-0.39, 0.29) is 17.3 Å². The van der Waals surface area contributed by atoms with Gasteiger partial charge in [-0.2, -0.15) is 5.26 Å². The Morgan fingerprint density at radius 3 is 2.75 bits per heavy atom. The number of anilines is 1. The zero-order chi connectivity index (χ0) is 14.5. The van der Waals surface area contributed by atoms with E-state index < -0.39 is 4.92 Å². The fourth-order valence-corrected chi connectivity index (χ4v) is 2.88. The second-order valence-electron chi connectivity index (χ2n) is 5.10. The van der Waals surface area contributed by atoms with E-state index in [4.69, 9.17) is 11.0 Å². The van der Waals surface area contributed by atoms with Crippen LogP contribution in [0.25, 0.3) is 0 Å². The number of nitrogens with two attached hydrogens (primary N) is 1. The Labute approximate surface area is 117 Å². The smallest absolute Gasteiger partial charge is 0.309 e. The van der Waals surface area contributed by atoms with Gasteiger partial charge in [-0.25, -0.2) is 0 Å². The highest BCUT2D eigenvalue weighted by molar-refractivity contribution is 5.68. The summed E-state index contributed by atoms with van der Waals surface area (Å²) in [6.45, 7) is 0.429. The SMILES string of the molecule is N#Cc1cccc(NC(CN)C2CCCC2)c1[N+](=O)[O-]. The highest BCUT2D eigenvalue weighted by Crippen LogP contribution is 2.33. The lowest BCUT2D eigenvalue weighted by atomic mass is 9.97. The second kappa shape index (κ2) is 6.35. The molecule has 2 rings (SSSR count). The number of rotatable bonds is 5. The predicted octanol–water partition coefficient (Wildman–Crippen LogP) is 2.40. The molecule has 6 nitrogen and oxygen atoms in total. The van der Waals surface area contributed by atoms with Crippen LogP contribution in [-0.2, 0) is 0 Å². The second-order valence-corrected chi connectivity index (χ2v) is 5.10. The van der Waals surface area contributed by atoms with Crippen LogP contribution < -0.4 is 11.1 Å². The quantitative estimate of drug-likeness (QED) is 0.633. The Balaban J connectivity index is 2.28. The largest absolute Gasteiger partial charge is 0.375 e. The third-order valence-electron chi connectivity index (χ3n) is 3.90. The van der Waals surface area contributed by atoms with Gasteiger partial charge >= 0.3 is 5.69 Å². The molecule has 0 aliphatic heterocycles. The van der Waals surface area contributed by atoms with Crippen LogP contribution in [0.15, 0.2) is 18.2 Å². The van der Waals surface area contributed by atoms with E-state index in [2.05, 4.69) is 5.32 Å². The molecule has 1 aliphatic carbocycles. The molecule has 3 N–H and O–H groups in total. The lowest BCUT2D eigenvalue weighted by Crippen LogP contribution is -2.35. The van der Waals surface area contributed by atoms with Gasteiger partial charge in [0.2, 0.25) is 0 Å². The maximum Gasteiger partial charge on any atom is 0.309 e. The number of nitro benzene ring substituents is 1. The Morgan fingerprint density at radius 2 is 2.20 bits per heavy atom. The average molecular weight is 274 g/mol. The number of hydrogen-bond acceptors (Lipinski definition) is 5. The summed E-state index contributed by atoms with van der Waals surface area (Å²) < 4.78 is 0. The molecule has 0 spiro atoms. The third kappa shape index (κ3) is 2.89. The third-order valence-corrected chi connectivity index (χ3v) is 3.90. The standard InChI is InChI=1S/C14H18N4O2/c15-8-11-6-3-7-12(14(11)18(19)20)17-13(9-16)10-4-1-2-5-10/h3,6-7,10,13,17H,1-2,4-5,9,16H2. The van der Waals surface area contributed by atoms with Crippen LogP contribution in [0.2, 0.25) is 0 Å². The molecule has 6 heteroatoms. The van der Waals surface area contributed by atoms with E-state index in [1.54, 1.807) is 12.1 Å². The van der Waals surface area contributed by atoms with Gasteiger partial charge in [0.25, 0.3) is 0 Å². The number of hydrogen-bond donors (Lipinski definition) is 2. The first kappa shape index (κ1) is 14.3. The topological polar surface area (TPSA) is 105 Å². The molecule has 1 aliphatic rings. The molecular formula is C14H18N4O2. The van der Waals surface area contributed by atoms with Crippen LogP contribution in [0, 0.1) is 27.4 Å². The molecule has 20 heavy (non-hydrogen) atoms. The minimum atomic E-state index is -0.511. The van der Waals surface area contributed by atoms with Crippen molar-refractivity contribution in [2.24, 2.45) is 11.7 Å². The molecule has 1 aromatic carbocycles. The minimum absolute atomic E-state index is 0.0187. The van der Waals surface area contributed by atoms with Crippen LogP contribution in [0.1, 0.15) is 31.2 Å². The van der Waals surface area contributed by atoms with Crippen molar-refractivity contribution in [3.8, 4) is 6.07 Å². The van der Waals surface area contributed by atoms with Gasteiger partial charge in [0.05, 0.1) is 4.92 Å². The van der Waals surface area contributed by atoms with Gasteiger partial charge in [0.15, 0.2) is 0 Å². The summed E-state index contributed by atoms with van der Waals surface area (Å²) in [4.78, 5) is 10.7. The zero-order valence-corrected chi connectivity index (χ0v) is 11.2. The number of para-hydroxylation sites is 1. The van der Waals surface area contributed by atoms with Crippen molar-refractivity contribution < 1.29 is 4.92 Å². The molecule has 0 amide bonds. The first-order chi connectivity index (χ1) is 9.67. The summed E-state index contributed by atoms with van der Waals surface area (Å²) in [6.07, 6.45) is 4.56. The van der Waals surface area contributed by atoms with Gasteiger partial charge in [-0.1, -0.05) is 18.9 Å². The summed E-state index contributed by atoms with van der Waals surface area (Å²) in [5.74, 6) is 0.449. The maximum absolute atomic E-state index is 11.2. The van der Waals surface area contributed by atoms with E-state index in [9.17, 15) is 10.1 Å². The van der Waals surface area contributed by atoms with Crippen LogP contribution in [-0.4, -0.2) is 17.5 Å². The van der Waals surface area contributed by atoms with Crippen LogP contribution in [0.3, 0.4) is 0 Å². The molecule has 1 saturated carbocycles. The highest BCUT2D eigenvalue weighted by Gasteiger charge is 2.27. The van der Waals surface area contributed by atoms with Gasteiger partial charge < -0.3 is 11.1 Å². The monoisotopic (exact) mass is 274 g/mol. The molecule has 1 aromatic rings. The number of nitrogens with one attached hydrogen (secondary N) is 1. The predicted molar refractivity (Wildman–Crippen MR) is 76.2 cm³/mol. The Morgan fingerprint density at radius 1 is 1.50 bits per heavy atom. The van der Waals surface area contributed by atoms with Crippen molar-refractivity contribution in [2.45, 2.75) is 31.7 Å². The van der Waals surface area contributed by atoms with Gasteiger partial charge in [-0.15, -0.1) is 0 Å². The van der Waals surface area contributed by atoms with Crippen molar-refractivity contribution in [3.63, 3.8) is 0 Å². The molecule has 1 fully saturated rings. The van der Waals surface area contributed by atoms with Gasteiger partial charge in [0, 0.05) is 12.6 Å². The highest BCUT2D eigenvalue weighted by atomic mass is 16.6. The molecule has 0 aromatic heterocycles. The van der Waals surface area contributed by atoms with Gasteiger partial charge in [-0.05, 0) is 30.9 Å². The molecule has 1 unspecified atom stereocenters. The van der Waals surface area contributed by atoms with E-state index >= 15 is 0 Å².